The lowest BCUT2D eigenvalue weighted by atomic mass is 9.47. The van der Waals surface area contributed by atoms with Crippen LogP contribution >= 0.6 is 0 Å². The highest BCUT2D eigenvalue weighted by atomic mass is 16.5. The molecular formula is C36H55NO2. The van der Waals surface area contributed by atoms with Crippen molar-refractivity contribution in [2.45, 2.75) is 111 Å². The van der Waals surface area contributed by atoms with Gasteiger partial charge >= 0.3 is 5.97 Å². The number of hydrogen-bond donors (Lipinski definition) is 0. The Morgan fingerprint density at radius 3 is 2.41 bits per heavy atom. The Labute approximate surface area is 239 Å². The maximum atomic E-state index is 13.0. The third-order valence-electron chi connectivity index (χ3n) is 12.2. The summed E-state index contributed by atoms with van der Waals surface area (Å²) in [6.45, 7) is 12.6. The van der Waals surface area contributed by atoms with Crippen molar-refractivity contribution in [1.82, 2.24) is 0 Å². The van der Waals surface area contributed by atoms with Gasteiger partial charge in [-0.3, -0.25) is 0 Å². The number of rotatable bonds is 8. The van der Waals surface area contributed by atoms with Gasteiger partial charge in [-0.15, -0.1) is 0 Å². The van der Waals surface area contributed by atoms with Gasteiger partial charge in [0.15, 0.2) is 0 Å². The number of carbonyl (C=O) groups is 1. The highest BCUT2D eigenvalue weighted by molar-refractivity contribution is 5.90. The molecule has 216 valence electrons. The van der Waals surface area contributed by atoms with Gasteiger partial charge in [-0.25, -0.2) is 4.79 Å². The van der Waals surface area contributed by atoms with Gasteiger partial charge in [0.25, 0.3) is 0 Å². The Hall–Kier alpha value is -1.77. The molecule has 0 bridgehead atoms. The summed E-state index contributed by atoms with van der Waals surface area (Å²) >= 11 is 0. The first kappa shape index (κ1) is 28.7. The Morgan fingerprint density at radius 1 is 0.974 bits per heavy atom. The van der Waals surface area contributed by atoms with E-state index in [1.165, 1.54) is 51.4 Å². The Bertz CT molecular complexity index is 1040. The zero-order chi connectivity index (χ0) is 27.9. The number of ether oxygens (including phenoxy) is 1. The fraction of sp³-hybridized carbons (Fsp3) is 0.750. The van der Waals surface area contributed by atoms with E-state index in [9.17, 15) is 4.79 Å². The second kappa shape index (κ2) is 11.2. The first-order valence-corrected chi connectivity index (χ1v) is 16.2. The first-order chi connectivity index (χ1) is 18.5. The molecule has 39 heavy (non-hydrogen) atoms. The van der Waals surface area contributed by atoms with E-state index in [4.69, 9.17) is 4.74 Å². The highest BCUT2D eigenvalue weighted by Crippen LogP contribution is 2.67. The molecule has 0 radical (unpaired) electrons. The van der Waals surface area contributed by atoms with Crippen LogP contribution < -0.4 is 4.90 Å². The van der Waals surface area contributed by atoms with Crippen molar-refractivity contribution in [3.8, 4) is 0 Å². The Morgan fingerprint density at radius 2 is 1.72 bits per heavy atom. The molecule has 3 nitrogen and oxygen atoms in total. The average Bonchev–Trinajstić information content (AvgIpc) is 3.26. The molecule has 3 fully saturated rings. The molecule has 1 aromatic carbocycles. The lowest BCUT2D eigenvalue weighted by Crippen LogP contribution is -2.51. The minimum atomic E-state index is -0.170. The van der Waals surface area contributed by atoms with Gasteiger partial charge in [-0.05, 0) is 116 Å². The third-order valence-corrected chi connectivity index (χ3v) is 12.2. The largest absolute Gasteiger partial charge is 0.458 e. The smallest absolute Gasteiger partial charge is 0.338 e. The quantitative estimate of drug-likeness (QED) is 0.246. The number of anilines is 1. The molecule has 3 heteroatoms. The number of benzene rings is 1. The standard InChI is InChI=1S/C36H55NO2/c1-24(2)9-8-10-25(3)31-17-18-32-30-16-13-27-23-29(19-21-35(27,4)33(30)20-22-36(31,32)5)39-34(38)26-11-14-28(15-12-26)37(6)7/h11-15,24-25,29-33H,8-10,16-23H2,1-7H3/t25-,29+,30+,31-,32+,33+,35+,36-/m1/s1. The maximum absolute atomic E-state index is 13.0. The average molecular weight is 534 g/mol. The molecule has 8 atom stereocenters. The minimum Gasteiger partial charge on any atom is -0.458 e. The van der Waals surface area contributed by atoms with Crippen LogP contribution in [0.4, 0.5) is 5.69 Å². The number of esters is 1. The van der Waals surface area contributed by atoms with Crippen molar-refractivity contribution < 1.29 is 9.53 Å². The van der Waals surface area contributed by atoms with Gasteiger partial charge in [0.1, 0.15) is 6.10 Å². The van der Waals surface area contributed by atoms with Crippen molar-refractivity contribution in [1.29, 1.82) is 0 Å². The van der Waals surface area contributed by atoms with Crippen LogP contribution in [0.2, 0.25) is 0 Å². The first-order valence-electron chi connectivity index (χ1n) is 16.2. The summed E-state index contributed by atoms with van der Waals surface area (Å²) in [6.07, 6.45) is 16.9. The van der Waals surface area contributed by atoms with Crippen molar-refractivity contribution >= 4 is 11.7 Å². The second-order valence-corrected chi connectivity index (χ2v) is 15.0. The number of carbonyl (C=O) groups excluding carboxylic acids is 1. The lowest BCUT2D eigenvalue weighted by Gasteiger charge is -2.58. The summed E-state index contributed by atoms with van der Waals surface area (Å²) in [5.74, 6) is 4.98. The Kier molecular flexibility index (Phi) is 8.29. The fourth-order valence-corrected chi connectivity index (χ4v) is 9.87. The topological polar surface area (TPSA) is 29.5 Å². The van der Waals surface area contributed by atoms with Gasteiger partial charge in [0.05, 0.1) is 5.56 Å². The third kappa shape index (κ3) is 5.45. The van der Waals surface area contributed by atoms with E-state index in [-0.39, 0.29) is 12.1 Å². The molecule has 0 heterocycles. The van der Waals surface area contributed by atoms with E-state index in [1.807, 2.05) is 43.3 Å². The molecule has 3 saturated carbocycles. The number of nitrogens with zero attached hydrogens (tertiary/aromatic N) is 1. The molecule has 0 amide bonds. The van der Waals surface area contributed by atoms with Gasteiger partial charge in [0, 0.05) is 26.2 Å². The molecule has 0 aliphatic heterocycles. The number of allylic oxidation sites excluding steroid dienone is 1. The van der Waals surface area contributed by atoms with Crippen LogP contribution in [-0.4, -0.2) is 26.2 Å². The van der Waals surface area contributed by atoms with Crippen LogP contribution in [0.3, 0.4) is 0 Å². The normalized spacial score (nSPS) is 36.4. The molecule has 4 aliphatic rings. The molecule has 0 unspecified atom stereocenters. The maximum Gasteiger partial charge on any atom is 0.338 e. The summed E-state index contributed by atoms with van der Waals surface area (Å²) in [7, 11) is 4.03. The lowest BCUT2D eigenvalue weighted by molar-refractivity contribution is -0.0594. The summed E-state index contributed by atoms with van der Waals surface area (Å²) in [6, 6.07) is 7.78. The van der Waals surface area contributed by atoms with E-state index in [0.717, 1.165) is 60.5 Å². The molecule has 0 spiro atoms. The number of fused-ring (bicyclic) bond motifs is 5. The molecule has 0 saturated heterocycles. The van der Waals surface area contributed by atoms with Crippen LogP contribution in [0.5, 0.6) is 0 Å². The van der Waals surface area contributed by atoms with Crippen molar-refractivity contribution in [2.75, 3.05) is 19.0 Å². The van der Waals surface area contributed by atoms with E-state index in [1.54, 1.807) is 5.57 Å². The van der Waals surface area contributed by atoms with Crippen LogP contribution in [0.1, 0.15) is 116 Å². The van der Waals surface area contributed by atoms with Gasteiger partial charge in [0.2, 0.25) is 0 Å². The molecular weight excluding hydrogens is 478 g/mol. The molecule has 4 aliphatic carbocycles. The predicted molar refractivity (Wildman–Crippen MR) is 163 cm³/mol. The number of hydrogen-bond acceptors (Lipinski definition) is 3. The van der Waals surface area contributed by atoms with E-state index < -0.39 is 0 Å². The van der Waals surface area contributed by atoms with Crippen LogP contribution in [0, 0.1) is 46.3 Å². The summed E-state index contributed by atoms with van der Waals surface area (Å²) < 4.78 is 6.09. The summed E-state index contributed by atoms with van der Waals surface area (Å²) in [5, 5.41) is 0. The SMILES string of the molecule is CC(C)CCC[C@@H](C)[C@H]1CC[C@H]2[C@@H]3CC=C4C[C@@H](OC(=O)c5ccc(N(C)C)cc5)CC[C@]4(C)[C@H]3CC[C@]12C. The minimum absolute atomic E-state index is 0.0123. The fourth-order valence-electron chi connectivity index (χ4n) is 9.87. The van der Waals surface area contributed by atoms with Crippen LogP contribution in [0.15, 0.2) is 35.9 Å². The predicted octanol–water partition coefficient (Wildman–Crippen LogP) is 9.32. The molecule has 5 rings (SSSR count). The van der Waals surface area contributed by atoms with E-state index in [2.05, 4.69) is 40.7 Å². The van der Waals surface area contributed by atoms with Gasteiger partial charge in [-0.2, -0.15) is 0 Å². The van der Waals surface area contributed by atoms with Crippen LogP contribution in [0.25, 0.3) is 0 Å². The van der Waals surface area contributed by atoms with Crippen molar-refractivity contribution in [2.24, 2.45) is 46.3 Å². The zero-order valence-corrected chi connectivity index (χ0v) is 26.0. The van der Waals surface area contributed by atoms with E-state index >= 15 is 0 Å². The summed E-state index contributed by atoms with van der Waals surface area (Å²) in [5.41, 5.74) is 4.18. The van der Waals surface area contributed by atoms with Crippen molar-refractivity contribution in [3.63, 3.8) is 0 Å². The second-order valence-electron chi connectivity index (χ2n) is 15.0. The monoisotopic (exact) mass is 533 g/mol. The summed E-state index contributed by atoms with van der Waals surface area (Å²) in [4.78, 5) is 15.0. The zero-order valence-electron chi connectivity index (χ0n) is 26.0. The van der Waals surface area contributed by atoms with Crippen LogP contribution in [-0.2, 0) is 4.74 Å². The van der Waals surface area contributed by atoms with E-state index in [0.29, 0.717) is 16.4 Å². The molecule has 0 N–H and O–H groups in total. The van der Waals surface area contributed by atoms with Gasteiger partial charge in [-0.1, -0.05) is 65.5 Å². The molecule has 0 aromatic heterocycles. The highest BCUT2D eigenvalue weighted by Gasteiger charge is 2.59. The van der Waals surface area contributed by atoms with Gasteiger partial charge < -0.3 is 9.64 Å². The molecule has 1 aromatic rings. The Balaban J connectivity index is 1.23. The van der Waals surface area contributed by atoms with Crippen molar-refractivity contribution in [3.05, 3.63) is 41.5 Å².